The molecule has 1 aromatic rings. The lowest BCUT2D eigenvalue weighted by Crippen LogP contribution is -2.33. The number of carbonyl (C=O) groups is 1. The lowest BCUT2D eigenvalue weighted by molar-refractivity contribution is -0.129. The van der Waals surface area contributed by atoms with Crippen LogP contribution in [0.1, 0.15) is 44.5 Å². The number of likely N-dealkylation sites (tertiary alicyclic amines) is 1. The molecular weight excluding hydrogens is 273 g/mol. The maximum absolute atomic E-state index is 14.3. The second kappa shape index (κ2) is 5.42. The first kappa shape index (κ1) is 14.0. The van der Waals surface area contributed by atoms with Crippen LogP contribution in [0.25, 0.3) is 0 Å². The van der Waals surface area contributed by atoms with Crippen molar-refractivity contribution >= 4 is 5.91 Å². The van der Waals surface area contributed by atoms with Gasteiger partial charge in [0.15, 0.2) is 5.83 Å². The molecule has 2 aliphatic rings. The minimum atomic E-state index is -0.636. The molecule has 1 unspecified atom stereocenters. The van der Waals surface area contributed by atoms with Crippen molar-refractivity contribution in [3.05, 3.63) is 39.8 Å². The Hall–Kier alpha value is -1.98. The smallest absolute Gasteiger partial charge is 0.283 e. The number of halogens is 1. The third-order valence-electron chi connectivity index (χ3n) is 4.24. The molecule has 1 atom stereocenters. The molecule has 1 aliphatic heterocycles. The summed E-state index contributed by atoms with van der Waals surface area (Å²) in [4.78, 5) is 32.0. The topological polar surface area (TPSA) is 66.1 Å². The molecule has 0 spiro atoms. The lowest BCUT2D eigenvalue weighted by atomic mass is 10.1. The highest BCUT2D eigenvalue weighted by molar-refractivity contribution is 5.92. The highest BCUT2D eigenvalue weighted by Crippen LogP contribution is 2.39. The van der Waals surface area contributed by atoms with Crippen molar-refractivity contribution in [3.8, 4) is 0 Å². The van der Waals surface area contributed by atoms with Crippen LogP contribution in [-0.2, 0) is 4.79 Å². The van der Waals surface area contributed by atoms with E-state index in [1.165, 1.54) is 17.2 Å². The summed E-state index contributed by atoms with van der Waals surface area (Å²) in [5, 5.41) is 0. The average Bonchev–Trinajstić information content (AvgIpc) is 3.21. The molecule has 6 heteroatoms. The quantitative estimate of drug-likeness (QED) is 0.867. The van der Waals surface area contributed by atoms with E-state index in [2.05, 4.69) is 9.97 Å². The first-order valence-corrected chi connectivity index (χ1v) is 7.30. The predicted molar refractivity (Wildman–Crippen MR) is 75.1 cm³/mol. The summed E-state index contributed by atoms with van der Waals surface area (Å²) in [6.45, 7) is 2.19. The highest BCUT2D eigenvalue weighted by atomic mass is 19.1. The number of hydrogen-bond acceptors (Lipinski definition) is 3. The van der Waals surface area contributed by atoms with Crippen LogP contribution in [0.4, 0.5) is 4.39 Å². The van der Waals surface area contributed by atoms with Crippen molar-refractivity contribution in [2.75, 3.05) is 6.54 Å². The third-order valence-corrected chi connectivity index (χ3v) is 4.24. The zero-order valence-electron chi connectivity index (χ0n) is 11.9. The largest absolute Gasteiger partial charge is 0.326 e. The summed E-state index contributed by atoms with van der Waals surface area (Å²) in [7, 11) is 0. The zero-order chi connectivity index (χ0) is 15.0. The molecule has 0 aromatic carbocycles. The van der Waals surface area contributed by atoms with Gasteiger partial charge in [-0.05, 0) is 44.1 Å². The van der Waals surface area contributed by atoms with Gasteiger partial charge in [0.1, 0.15) is 5.82 Å². The molecular formula is C15H18FN3O2. The number of hydrogen-bond donors (Lipinski definition) is 1. The summed E-state index contributed by atoms with van der Waals surface area (Å²) in [5.41, 5.74) is 0.296. The Morgan fingerprint density at radius 3 is 2.86 bits per heavy atom. The van der Waals surface area contributed by atoms with E-state index >= 15 is 0 Å². The van der Waals surface area contributed by atoms with Gasteiger partial charge in [-0.3, -0.25) is 9.59 Å². The molecule has 3 rings (SSSR count). The fraction of sp³-hybridized carbons (Fsp3) is 0.533. The number of nitrogens with zero attached hydrogens (tertiary/aromatic N) is 2. The molecule has 0 bridgehead atoms. The number of aromatic nitrogens is 2. The molecule has 1 aliphatic carbocycles. The van der Waals surface area contributed by atoms with E-state index < -0.39 is 11.7 Å². The van der Waals surface area contributed by atoms with Crippen LogP contribution in [0.3, 0.4) is 0 Å². The Kier molecular flexibility index (Phi) is 3.61. The highest BCUT2D eigenvalue weighted by Gasteiger charge is 2.36. The van der Waals surface area contributed by atoms with Gasteiger partial charge in [-0.1, -0.05) is 0 Å². The molecule has 5 nitrogen and oxygen atoms in total. The summed E-state index contributed by atoms with van der Waals surface area (Å²) < 4.78 is 14.3. The van der Waals surface area contributed by atoms with Gasteiger partial charge in [0.25, 0.3) is 11.5 Å². The molecule has 2 heterocycles. The Morgan fingerprint density at radius 1 is 1.43 bits per heavy atom. The molecule has 1 aromatic heterocycles. The number of H-pyrrole nitrogens is 1. The molecule has 1 amide bonds. The maximum Gasteiger partial charge on any atom is 0.283 e. The fourth-order valence-corrected chi connectivity index (χ4v) is 2.84. The van der Waals surface area contributed by atoms with Gasteiger partial charge in [-0.25, -0.2) is 9.37 Å². The van der Waals surface area contributed by atoms with E-state index in [4.69, 9.17) is 0 Å². The molecule has 112 valence electrons. The fourth-order valence-electron chi connectivity index (χ4n) is 2.84. The van der Waals surface area contributed by atoms with Gasteiger partial charge in [-0.2, -0.15) is 0 Å². The summed E-state index contributed by atoms with van der Waals surface area (Å²) in [6, 6.07) is 0.978. The van der Waals surface area contributed by atoms with Crippen LogP contribution in [0.15, 0.2) is 28.5 Å². The SMILES string of the molecule is CC(=C(F)C(=O)N1CCCC1c1nccc(=O)[nH]1)C1CC1. The van der Waals surface area contributed by atoms with Crippen molar-refractivity contribution in [3.63, 3.8) is 0 Å². The Morgan fingerprint density at radius 2 is 2.19 bits per heavy atom. The lowest BCUT2D eigenvalue weighted by Gasteiger charge is -2.23. The molecule has 1 saturated heterocycles. The average molecular weight is 291 g/mol. The molecule has 1 N–H and O–H groups in total. The first-order valence-electron chi connectivity index (χ1n) is 7.30. The van der Waals surface area contributed by atoms with E-state index in [0.717, 1.165) is 19.3 Å². The molecule has 0 radical (unpaired) electrons. The summed E-state index contributed by atoms with van der Waals surface area (Å²) in [5.74, 6) is -0.550. The van der Waals surface area contributed by atoms with Crippen LogP contribution in [0.5, 0.6) is 0 Å². The van der Waals surface area contributed by atoms with E-state index in [1.807, 2.05) is 0 Å². The van der Waals surface area contributed by atoms with Crippen LogP contribution in [0.2, 0.25) is 0 Å². The molecule has 2 fully saturated rings. The van der Waals surface area contributed by atoms with Crippen molar-refractivity contribution in [1.82, 2.24) is 14.9 Å². The molecule has 21 heavy (non-hydrogen) atoms. The van der Waals surface area contributed by atoms with E-state index in [9.17, 15) is 14.0 Å². The van der Waals surface area contributed by atoms with Crippen LogP contribution in [-0.4, -0.2) is 27.3 Å². The first-order chi connectivity index (χ1) is 10.1. The number of nitrogens with one attached hydrogen (secondary N) is 1. The number of carbonyl (C=O) groups excluding carboxylic acids is 1. The van der Waals surface area contributed by atoms with E-state index in [1.54, 1.807) is 6.92 Å². The Balaban J connectivity index is 1.85. The van der Waals surface area contributed by atoms with Gasteiger partial charge in [0.05, 0.1) is 6.04 Å². The normalized spacial score (nSPS) is 23.1. The second-order valence-corrected chi connectivity index (χ2v) is 5.75. The summed E-state index contributed by atoms with van der Waals surface area (Å²) >= 11 is 0. The van der Waals surface area contributed by atoms with E-state index in [-0.39, 0.29) is 17.5 Å². The van der Waals surface area contributed by atoms with Crippen molar-refractivity contribution in [2.45, 2.75) is 38.6 Å². The van der Waals surface area contributed by atoms with E-state index in [0.29, 0.717) is 24.4 Å². The molecule has 1 saturated carbocycles. The van der Waals surface area contributed by atoms with Crippen molar-refractivity contribution < 1.29 is 9.18 Å². The van der Waals surface area contributed by atoms with Gasteiger partial charge >= 0.3 is 0 Å². The van der Waals surface area contributed by atoms with Gasteiger partial charge in [0, 0.05) is 18.8 Å². The van der Waals surface area contributed by atoms with Crippen molar-refractivity contribution in [1.29, 1.82) is 0 Å². The number of aromatic amines is 1. The van der Waals surface area contributed by atoms with Crippen LogP contribution < -0.4 is 5.56 Å². The third kappa shape index (κ3) is 2.75. The minimum absolute atomic E-state index is 0.227. The minimum Gasteiger partial charge on any atom is -0.326 e. The van der Waals surface area contributed by atoms with Gasteiger partial charge in [0.2, 0.25) is 0 Å². The number of amides is 1. The number of rotatable bonds is 3. The second-order valence-electron chi connectivity index (χ2n) is 5.75. The zero-order valence-corrected chi connectivity index (χ0v) is 11.9. The van der Waals surface area contributed by atoms with Gasteiger partial charge in [-0.15, -0.1) is 0 Å². The van der Waals surface area contributed by atoms with Crippen molar-refractivity contribution in [2.24, 2.45) is 5.92 Å². The predicted octanol–water partition coefficient (Wildman–Crippen LogP) is 2.09. The van der Waals surface area contributed by atoms with Crippen LogP contribution >= 0.6 is 0 Å². The van der Waals surface area contributed by atoms with Gasteiger partial charge < -0.3 is 9.88 Å². The van der Waals surface area contributed by atoms with Crippen LogP contribution in [0, 0.1) is 5.92 Å². The Bertz CT molecular complexity index is 648. The Labute approximate surface area is 121 Å². The monoisotopic (exact) mass is 291 g/mol. The summed E-state index contributed by atoms with van der Waals surface area (Å²) in [6.07, 6.45) is 4.81. The maximum atomic E-state index is 14.3. The number of allylic oxidation sites excluding steroid dienone is 1. The standard InChI is InChI=1S/C15H18FN3O2/c1-9(10-4-5-10)13(16)15(21)19-8-2-3-11(19)14-17-7-6-12(20)18-14/h6-7,10-11H,2-5,8H2,1H3,(H,17,18,20).